The molecule has 1 unspecified atom stereocenters. The highest BCUT2D eigenvalue weighted by Crippen LogP contribution is 2.39. The van der Waals surface area contributed by atoms with Crippen molar-refractivity contribution in [3.05, 3.63) is 106 Å². The Morgan fingerprint density at radius 2 is 1.77 bits per heavy atom. The smallest absolute Gasteiger partial charge is 0.327 e. The average Bonchev–Trinajstić information content (AvgIpc) is 3.31. The number of amides is 2. The number of rotatable bonds is 4. The van der Waals surface area contributed by atoms with Gasteiger partial charge in [0.2, 0.25) is 5.82 Å². The van der Waals surface area contributed by atoms with Crippen molar-refractivity contribution in [2.75, 3.05) is 4.90 Å². The fourth-order valence-corrected chi connectivity index (χ4v) is 4.07. The van der Waals surface area contributed by atoms with Crippen LogP contribution in [0.5, 0.6) is 0 Å². The summed E-state index contributed by atoms with van der Waals surface area (Å²) in [4.78, 5) is 18.7. The third kappa shape index (κ3) is 4.26. The Hall–Kier alpha value is -4.11. The van der Waals surface area contributed by atoms with E-state index in [0.29, 0.717) is 27.4 Å². The van der Waals surface area contributed by atoms with Gasteiger partial charge in [0.25, 0.3) is 5.89 Å². The molecule has 2 amide bonds. The molecule has 0 spiro atoms. The van der Waals surface area contributed by atoms with Gasteiger partial charge in [-0.3, -0.25) is 4.90 Å². The third-order valence-electron chi connectivity index (χ3n) is 5.59. The molecule has 0 radical (unpaired) electrons. The lowest BCUT2D eigenvalue weighted by molar-refractivity contribution is 0.244. The summed E-state index contributed by atoms with van der Waals surface area (Å²) in [7, 11) is 0. The number of urea groups is 1. The molecule has 10 heteroatoms. The summed E-state index contributed by atoms with van der Waals surface area (Å²) in [5.74, 6) is -2.32. The first kappa shape index (κ1) is 22.7. The van der Waals surface area contributed by atoms with Gasteiger partial charge in [0.15, 0.2) is 11.6 Å². The number of aromatic nitrogens is 2. The molecule has 3 aromatic carbocycles. The molecule has 35 heavy (non-hydrogen) atoms. The third-order valence-corrected chi connectivity index (χ3v) is 5.84. The van der Waals surface area contributed by atoms with Crippen LogP contribution in [0.1, 0.15) is 24.4 Å². The zero-order valence-electron chi connectivity index (χ0n) is 18.1. The molecule has 6 nitrogen and oxygen atoms in total. The predicted molar refractivity (Wildman–Crippen MR) is 124 cm³/mol. The number of halogens is 4. The van der Waals surface area contributed by atoms with Crippen molar-refractivity contribution in [2.45, 2.75) is 13.0 Å². The Morgan fingerprint density at radius 3 is 2.49 bits per heavy atom. The lowest BCUT2D eigenvalue weighted by atomic mass is 9.94. The number of nitrogens with one attached hydrogen (secondary N) is 1. The molecule has 0 fully saturated rings. The van der Waals surface area contributed by atoms with Gasteiger partial charge in [-0.1, -0.05) is 28.9 Å². The first-order valence-corrected chi connectivity index (χ1v) is 10.8. The number of benzene rings is 3. The van der Waals surface area contributed by atoms with Crippen LogP contribution in [0, 0.1) is 17.5 Å². The van der Waals surface area contributed by atoms with Crippen molar-refractivity contribution in [3.8, 4) is 11.4 Å². The van der Waals surface area contributed by atoms with Gasteiger partial charge in [-0.15, -0.1) is 0 Å². The van der Waals surface area contributed by atoms with Crippen LogP contribution in [-0.2, 0) is 0 Å². The lowest BCUT2D eigenvalue weighted by Crippen LogP contribution is -2.46. The largest absolute Gasteiger partial charge is 0.334 e. The van der Waals surface area contributed by atoms with Crippen molar-refractivity contribution in [1.29, 1.82) is 0 Å². The van der Waals surface area contributed by atoms with Gasteiger partial charge in [-0.2, -0.15) is 4.98 Å². The van der Waals surface area contributed by atoms with Gasteiger partial charge in [-0.05, 0) is 61.0 Å². The summed E-state index contributed by atoms with van der Waals surface area (Å²) in [5.41, 5.74) is 1.85. The summed E-state index contributed by atoms with van der Waals surface area (Å²) in [6.07, 6.45) is 0. The van der Waals surface area contributed by atoms with E-state index in [4.69, 9.17) is 16.1 Å². The summed E-state index contributed by atoms with van der Waals surface area (Å²) in [6.45, 7) is 1.60. The van der Waals surface area contributed by atoms with Crippen LogP contribution in [0.2, 0.25) is 5.02 Å². The molecule has 1 atom stereocenters. The van der Waals surface area contributed by atoms with Gasteiger partial charge in [-0.25, -0.2) is 18.0 Å². The Bertz CT molecular complexity index is 1470. The average molecular weight is 497 g/mol. The first-order chi connectivity index (χ1) is 16.8. The maximum Gasteiger partial charge on any atom is 0.327 e. The molecule has 1 aliphatic rings. The molecule has 0 saturated heterocycles. The van der Waals surface area contributed by atoms with E-state index in [2.05, 4.69) is 15.5 Å². The highest BCUT2D eigenvalue weighted by molar-refractivity contribution is 6.30. The van der Waals surface area contributed by atoms with E-state index in [1.807, 2.05) is 0 Å². The summed E-state index contributed by atoms with van der Waals surface area (Å²) >= 11 is 5.96. The van der Waals surface area contributed by atoms with E-state index in [-0.39, 0.29) is 17.4 Å². The fourth-order valence-electron chi connectivity index (χ4n) is 3.94. The summed E-state index contributed by atoms with van der Waals surface area (Å²) in [6, 6.07) is 14.2. The van der Waals surface area contributed by atoms with Crippen molar-refractivity contribution in [2.24, 2.45) is 0 Å². The van der Waals surface area contributed by atoms with Crippen LogP contribution < -0.4 is 10.2 Å². The molecule has 1 N–H and O–H groups in total. The van der Waals surface area contributed by atoms with Gasteiger partial charge in [0, 0.05) is 22.3 Å². The molecule has 2 heterocycles. The second-order valence-electron chi connectivity index (χ2n) is 7.80. The van der Waals surface area contributed by atoms with E-state index in [0.717, 1.165) is 12.1 Å². The Morgan fingerprint density at radius 1 is 1.00 bits per heavy atom. The number of nitrogens with zero attached hydrogens (tertiary/aromatic N) is 3. The molecule has 0 saturated carbocycles. The zero-order valence-corrected chi connectivity index (χ0v) is 18.9. The maximum absolute atomic E-state index is 14.0. The Kier molecular flexibility index (Phi) is 5.78. The lowest BCUT2D eigenvalue weighted by Gasteiger charge is -2.35. The van der Waals surface area contributed by atoms with Crippen molar-refractivity contribution in [3.63, 3.8) is 0 Å². The van der Waals surface area contributed by atoms with Crippen LogP contribution in [0.4, 0.5) is 23.7 Å². The molecule has 176 valence electrons. The van der Waals surface area contributed by atoms with E-state index in [9.17, 15) is 18.0 Å². The number of carbonyl (C=O) groups is 1. The minimum absolute atomic E-state index is 0.0642. The van der Waals surface area contributed by atoms with Gasteiger partial charge in [0.05, 0.1) is 17.3 Å². The fraction of sp³-hybridized carbons (Fsp3) is 0.0800. The minimum atomic E-state index is -1.11. The molecular weight excluding hydrogens is 481 g/mol. The molecule has 5 rings (SSSR count). The van der Waals surface area contributed by atoms with Crippen molar-refractivity contribution < 1.29 is 22.5 Å². The molecule has 0 aliphatic carbocycles. The zero-order chi connectivity index (χ0) is 24.7. The van der Waals surface area contributed by atoms with E-state index in [1.165, 1.54) is 29.2 Å². The second-order valence-corrected chi connectivity index (χ2v) is 8.24. The number of carbonyl (C=O) groups excluding carboxylic acids is 1. The van der Waals surface area contributed by atoms with Crippen LogP contribution >= 0.6 is 11.6 Å². The number of allylic oxidation sites excluding steroid dienone is 1. The molecule has 1 aliphatic heterocycles. The highest BCUT2D eigenvalue weighted by Gasteiger charge is 2.37. The van der Waals surface area contributed by atoms with E-state index < -0.39 is 29.5 Å². The second kappa shape index (κ2) is 8.92. The normalized spacial score (nSPS) is 16.0. The number of hydrogen-bond acceptors (Lipinski definition) is 4. The summed E-state index contributed by atoms with van der Waals surface area (Å²) in [5, 5.41) is 7.36. The van der Waals surface area contributed by atoms with Crippen LogP contribution in [0.15, 0.2) is 77.0 Å². The molecule has 0 bridgehead atoms. The topological polar surface area (TPSA) is 71.3 Å². The van der Waals surface area contributed by atoms with Gasteiger partial charge in [0.1, 0.15) is 5.82 Å². The quantitative estimate of drug-likeness (QED) is 0.349. The Labute approximate surface area is 202 Å². The van der Waals surface area contributed by atoms with E-state index in [1.54, 1.807) is 37.3 Å². The van der Waals surface area contributed by atoms with Crippen LogP contribution in [0.25, 0.3) is 17.0 Å². The molecule has 1 aromatic heterocycles. The maximum atomic E-state index is 14.0. The monoisotopic (exact) mass is 496 g/mol. The van der Waals surface area contributed by atoms with E-state index >= 15 is 0 Å². The number of hydrogen-bond donors (Lipinski definition) is 1. The van der Waals surface area contributed by atoms with Crippen molar-refractivity contribution in [1.82, 2.24) is 15.5 Å². The minimum Gasteiger partial charge on any atom is -0.334 e. The first-order valence-electron chi connectivity index (χ1n) is 10.4. The predicted octanol–water partition coefficient (Wildman–Crippen LogP) is 6.51. The Balaban J connectivity index is 1.66. The van der Waals surface area contributed by atoms with Crippen LogP contribution in [0.3, 0.4) is 0 Å². The molecular formula is C25H16ClF3N4O2. The highest BCUT2D eigenvalue weighted by atomic mass is 35.5. The van der Waals surface area contributed by atoms with Gasteiger partial charge >= 0.3 is 6.03 Å². The van der Waals surface area contributed by atoms with Gasteiger partial charge < -0.3 is 9.84 Å². The van der Waals surface area contributed by atoms with Crippen molar-refractivity contribution >= 4 is 28.9 Å². The molecule has 4 aromatic rings. The van der Waals surface area contributed by atoms with Crippen LogP contribution in [-0.4, -0.2) is 16.2 Å². The number of anilines is 1. The SMILES string of the molecule is CC1=C(c2nc(-c3ccc(Cl)cc3)no2)C(c2cccc(F)c2)NC(=O)N1c1ccc(F)c(F)c1. The summed E-state index contributed by atoms with van der Waals surface area (Å²) < 4.78 is 47.1. The standard InChI is InChI=1S/C25H16ClF3N4O2/c1-13-21(24-31-23(32-35-24)14-5-7-16(26)8-6-14)22(15-3-2-4-17(27)11-15)30-25(34)33(13)18-9-10-19(28)20(29)12-18/h2-12,22H,1H3,(H,30,34).